The molecule has 4 rings (SSSR count). The summed E-state index contributed by atoms with van der Waals surface area (Å²) in [6.45, 7) is 1.71. The second-order valence-electron chi connectivity index (χ2n) is 6.16. The minimum atomic E-state index is -3.27. The number of nitrogens with zero attached hydrogens (tertiary/aromatic N) is 4. The summed E-state index contributed by atoms with van der Waals surface area (Å²) in [6.07, 6.45) is 1.99. The van der Waals surface area contributed by atoms with Crippen LogP contribution >= 0.6 is 11.5 Å². The molecule has 23 heavy (non-hydrogen) atoms. The molecule has 3 fully saturated rings. The molecule has 0 unspecified atom stereocenters. The molecule has 1 saturated carbocycles. The number of carbonyl (C=O) groups excluding carboxylic acids is 1. The van der Waals surface area contributed by atoms with E-state index in [1.54, 1.807) is 14.6 Å². The highest BCUT2D eigenvalue weighted by Crippen LogP contribution is 2.35. The number of piperidine rings is 1. The van der Waals surface area contributed by atoms with Crippen molar-refractivity contribution in [2.75, 3.05) is 26.2 Å². The molecule has 0 N–H and O–H groups in total. The zero-order valence-electron chi connectivity index (χ0n) is 12.5. The number of fused-ring (bicyclic) bond motifs is 1. The summed E-state index contributed by atoms with van der Waals surface area (Å²) in [5.41, 5.74) is 0.321. The average molecular weight is 358 g/mol. The van der Waals surface area contributed by atoms with Crippen LogP contribution in [0.25, 0.3) is 0 Å². The highest BCUT2D eigenvalue weighted by Gasteiger charge is 2.48. The molecule has 1 aromatic rings. The zero-order chi connectivity index (χ0) is 16.0. The number of sulfonamides is 1. The van der Waals surface area contributed by atoms with Crippen molar-refractivity contribution in [3.63, 3.8) is 0 Å². The molecule has 2 atom stereocenters. The van der Waals surface area contributed by atoms with E-state index in [4.69, 9.17) is 4.74 Å². The van der Waals surface area contributed by atoms with Gasteiger partial charge >= 0.3 is 0 Å². The number of morpholine rings is 1. The Bertz CT molecular complexity index is 689. The molecule has 126 valence electrons. The van der Waals surface area contributed by atoms with E-state index in [-0.39, 0.29) is 23.3 Å². The van der Waals surface area contributed by atoms with Crippen LogP contribution in [-0.4, -0.2) is 76.8 Å². The first-order chi connectivity index (χ1) is 11.1. The van der Waals surface area contributed by atoms with Gasteiger partial charge in [0.05, 0.1) is 24.0 Å². The lowest BCUT2D eigenvalue weighted by molar-refractivity contribution is -0.0707. The average Bonchev–Trinajstić information content (AvgIpc) is 3.29. The SMILES string of the molecule is O=C(c1csnn1)N1CC[C@@H]2OCCN(S(=O)(=O)C3CC3)[C@H]2C1. The third kappa shape index (κ3) is 2.77. The Kier molecular flexibility index (Phi) is 3.87. The Labute approximate surface area is 138 Å². The number of aromatic nitrogens is 2. The normalized spacial score (nSPS) is 29.3. The molecule has 10 heteroatoms. The van der Waals surface area contributed by atoms with Gasteiger partial charge in [0.25, 0.3) is 5.91 Å². The van der Waals surface area contributed by atoms with Gasteiger partial charge < -0.3 is 9.64 Å². The Morgan fingerprint density at radius 2 is 2.13 bits per heavy atom. The number of amides is 1. The van der Waals surface area contributed by atoms with Crippen LogP contribution < -0.4 is 0 Å². The summed E-state index contributed by atoms with van der Waals surface area (Å²) in [4.78, 5) is 14.1. The number of hydrogen-bond donors (Lipinski definition) is 0. The molecule has 3 aliphatic rings. The maximum atomic E-state index is 12.7. The lowest BCUT2D eigenvalue weighted by atomic mass is 10.0. The third-order valence-electron chi connectivity index (χ3n) is 4.67. The Hall–Kier alpha value is -1.10. The van der Waals surface area contributed by atoms with Gasteiger partial charge in [0.15, 0.2) is 5.69 Å². The highest BCUT2D eigenvalue weighted by atomic mass is 32.2. The second kappa shape index (κ2) is 5.76. The van der Waals surface area contributed by atoms with E-state index < -0.39 is 10.0 Å². The van der Waals surface area contributed by atoms with E-state index in [0.717, 1.165) is 24.4 Å². The van der Waals surface area contributed by atoms with E-state index in [0.29, 0.717) is 38.4 Å². The van der Waals surface area contributed by atoms with Crippen molar-refractivity contribution in [1.29, 1.82) is 0 Å². The van der Waals surface area contributed by atoms with E-state index in [1.165, 1.54) is 0 Å². The minimum absolute atomic E-state index is 0.130. The van der Waals surface area contributed by atoms with Crippen molar-refractivity contribution in [1.82, 2.24) is 18.8 Å². The maximum Gasteiger partial charge on any atom is 0.275 e. The van der Waals surface area contributed by atoms with Crippen LogP contribution in [0.3, 0.4) is 0 Å². The Morgan fingerprint density at radius 3 is 2.83 bits per heavy atom. The summed E-state index contributed by atoms with van der Waals surface area (Å²) in [5.74, 6) is -0.188. The molecule has 2 aliphatic heterocycles. The predicted octanol–water partition coefficient (Wildman–Crippen LogP) is -0.0544. The maximum absolute atomic E-state index is 12.7. The van der Waals surface area contributed by atoms with Crippen LogP contribution in [0.2, 0.25) is 0 Å². The predicted molar refractivity (Wildman–Crippen MR) is 82.6 cm³/mol. The topological polar surface area (TPSA) is 92.7 Å². The van der Waals surface area contributed by atoms with E-state index >= 15 is 0 Å². The molecule has 1 aromatic heterocycles. The zero-order valence-corrected chi connectivity index (χ0v) is 14.1. The lowest BCUT2D eigenvalue weighted by Crippen LogP contribution is -2.62. The fourth-order valence-electron chi connectivity index (χ4n) is 3.32. The monoisotopic (exact) mass is 358 g/mol. The molecule has 0 aromatic carbocycles. The van der Waals surface area contributed by atoms with Gasteiger partial charge in [-0.1, -0.05) is 4.49 Å². The summed E-state index contributed by atoms with van der Waals surface area (Å²) in [7, 11) is -3.27. The number of likely N-dealkylation sites (tertiary alicyclic amines) is 1. The van der Waals surface area contributed by atoms with E-state index in [2.05, 4.69) is 9.59 Å². The number of carbonyl (C=O) groups is 1. The number of hydrogen-bond acceptors (Lipinski definition) is 7. The molecule has 3 heterocycles. The summed E-state index contributed by atoms with van der Waals surface area (Å²) in [6, 6.07) is -0.293. The molecular formula is C13H18N4O4S2. The van der Waals surface area contributed by atoms with Crippen LogP contribution in [0, 0.1) is 0 Å². The summed E-state index contributed by atoms with van der Waals surface area (Å²) < 4.78 is 36.4. The van der Waals surface area contributed by atoms with Crippen LogP contribution in [0.5, 0.6) is 0 Å². The molecule has 0 spiro atoms. The molecule has 0 bridgehead atoms. The molecule has 2 saturated heterocycles. The fourth-order valence-corrected chi connectivity index (χ4v) is 5.77. The molecule has 1 aliphatic carbocycles. The Morgan fingerprint density at radius 1 is 1.30 bits per heavy atom. The van der Waals surface area contributed by atoms with Crippen LogP contribution in [0.1, 0.15) is 29.8 Å². The summed E-state index contributed by atoms with van der Waals surface area (Å²) >= 11 is 1.13. The first kappa shape index (κ1) is 15.4. The van der Waals surface area contributed by atoms with Crippen molar-refractivity contribution >= 4 is 27.5 Å². The van der Waals surface area contributed by atoms with Gasteiger partial charge in [-0.2, -0.15) is 4.31 Å². The minimum Gasteiger partial charge on any atom is -0.375 e. The largest absolute Gasteiger partial charge is 0.375 e. The van der Waals surface area contributed by atoms with Gasteiger partial charge in [0, 0.05) is 25.0 Å². The quantitative estimate of drug-likeness (QED) is 0.752. The first-order valence-electron chi connectivity index (χ1n) is 7.76. The first-order valence-corrected chi connectivity index (χ1v) is 10.1. The van der Waals surface area contributed by atoms with Crippen LogP contribution in [-0.2, 0) is 14.8 Å². The van der Waals surface area contributed by atoms with Crippen molar-refractivity contribution in [2.45, 2.75) is 36.7 Å². The van der Waals surface area contributed by atoms with Gasteiger partial charge in [-0.15, -0.1) is 5.10 Å². The Balaban J connectivity index is 1.55. The van der Waals surface area contributed by atoms with Gasteiger partial charge in [0.1, 0.15) is 0 Å². The fraction of sp³-hybridized carbons (Fsp3) is 0.769. The molecular weight excluding hydrogens is 340 g/mol. The number of rotatable bonds is 3. The second-order valence-corrected chi connectivity index (χ2v) is 8.94. The third-order valence-corrected chi connectivity index (χ3v) is 7.60. The molecule has 1 amide bonds. The van der Waals surface area contributed by atoms with Crippen molar-refractivity contribution in [3.05, 3.63) is 11.1 Å². The van der Waals surface area contributed by atoms with E-state index in [1.807, 2.05) is 0 Å². The number of ether oxygens (including phenoxy) is 1. The summed E-state index contributed by atoms with van der Waals surface area (Å²) in [5, 5.41) is 5.19. The molecule has 0 radical (unpaired) electrons. The smallest absolute Gasteiger partial charge is 0.275 e. The van der Waals surface area contributed by atoms with Crippen LogP contribution in [0.4, 0.5) is 0 Å². The van der Waals surface area contributed by atoms with Crippen molar-refractivity contribution in [3.8, 4) is 0 Å². The highest BCUT2D eigenvalue weighted by molar-refractivity contribution is 7.90. The van der Waals surface area contributed by atoms with Gasteiger partial charge in [0.2, 0.25) is 10.0 Å². The molecule has 8 nitrogen and oxygen atoms in total. The van der Waals surface area contributed by atoms with Crippen molar-refractivity contribution < 1.29 is 17.9 Å². The van der Waals surface area contributed by atoms with Gasteiger partial charge in [-0.05, 0) is 30.8 Å². The van der Waals surface area contributed by atoms with Crippen molar-refractivity contribution in [2.24, 2.45) is 0 Å². The standard InChI is InChI=1S/C13H18N4O4S2/c18-13(10-8-22-15-14-10)16-4-3-12-11(7-16)17(5-6-21-12)23(19,20)9-1-2-9/h8-9,11-12H,1-7H2/t11-,12-/m0/s1. The van der Waals surface area contributed by atoms with E-state index in [9.17, 15) is 13.2 Å². The lowest BCUT2D eigenvalue weighted by Gasteiger charge is -2.46. The van der Waals surface area contributed by atoms with Crippen LogP contribution in [0.15, 0.2) is 5.38 Å². The van der Waals surface area contributed by atoms with Gasteiger partial charge in [-0.25, -0.2) is 8.42 Å². The van der Waals surface area contributed by atoms with Gasteiger partial charge in [-0.3, -0.25) is 4.79 Å².